The summed E-state index contributed by atoms with van der Waals surface area (Å²) in [5.41, 5.74) is 0.873. The van der Waals surface area contributed by atoms with E-state index in [1.165, 1.54) is 0 Å². The summed E-state index contributed by atoms with van der Waals surface area (Å²) in [6, 6.07) is 9.20. The third-order valence-corrected chi connectivity index (χ3v) is 1.81. The maximum atomic E-state index is 11.1. The van der Waals surface area contributed by atoms with Crippen LogP contribution in [0, 0.1) is 0 Å². The number of carbonyl (C=O) groups is 2. The average molecular weight is 222 g/mol. The number of amides is 1. The minimum absolute atomic E-state index is 0.00988. The Morgan fingerprint density at radius 1 is 1.25 bits per heavy atom. The topological polar surface area (TPSA) is 78.5 Å². The Morgan fingerprint density at radius 3 is 2.56 bits per heavy atom. The molecule has 0 aromatic heterocycles. The van der Waals surface area contributed by atoms with E-state index < -0.39 is 12.1 Å². The second-order valence-electron chi connectivity index (χ2n) is 3.11. The standard InChI is InChI=1S/C11H13NO4/c13-10(14)6-7-12-11(15)16-8-9-4-2-1-3-5-9/h1-5H,6-8H2,(H,12,15)(H,13,14)/p-1. The molecule has 0 atom stereocenters. The van der Waals surface area contributed by atoms with Crippen LogP contribution < -0.4 is 10.4 Å². The number of hydrogen-bond acceptors (Lipinski definition) is 4. The van der Waals surface area contributed by atoms with Crippen molar-refractivity contribution in [2.75, 3.05) is 6.54 Å². The summed E-state index contributed by atoms with van der Waals surface area (Å²) in [7, 11) is 0. The van der Waals surface area contributed by atoms with Gasteiger partial charge in [0, 0.05) is 18.9 Å². The lowest BCUT2D eigenvalue weighted by Gasteiger charge is -2.07. The summed E-state index contributed by atoms with van der Waals surface area (Å²) >= 11 is 0. The van der Waals surface area contributed by atoms with Gasteiger partial charge in [0.1, 0.15) is 6.61 Å². The van der Waals surface area contributed by atoms with Crippen molar-refractivity contribution in [3.63, 3.8) is 0 Å². The third-order valence-electron chi connectivity index (χ3n) is 1.81. The number of carboxylic acids is 1. The quantitative estimate of drug-likeness (QED) is 0.763. The first kappa shape index (κ1) is 12.0. The first-order valence-electron chi connectivity index (χ1n) is 4.83. The lowest BCUT2D eigenvalue weighted by molar-refractivity contribution is -0.305. The molecule has 1 aromatic rings. The Kier molecular flexibility index (Phi) is 4.85. The van der Waals surface area contributed by atoms with E-state index in [0.717, 1.165) is 5.56 Å². The highest BCUT2D eigenvalue weighted by atomic mass is 16.5. The average Bonchev–Trinajstić information content (AvgIpc) is 2.27. The smallest absolute Gasteiger partial charge is 0.407 e. The molecule has 0 saturated carbocycles. The molecule has 0 aliphatic carbocycles. The number of carboxylic acid groups (broad SMARTS) is 1. The van der Waals surface area contributed by atoms with Crippen molar-refractivity contribution in [1.29, 1.82) is 0 Å². The largest absolute Gasteiger partial charge is 0.550 e. The summed E-state index contributed by atoms with van der Waals surface area (Å²) in [6.45, 7) is 0.175. The molecule has 1 aromatic carbocycles. The molecule has 5 nitrogen and oxygen atoms in total. The first-order valence-corrected chi connectivity index (χ1v) is 4.83. The molecule has 0 aliphatic heterocycles. The number of aliphatic carboxylic acids is 1. The van der Waals surface area contributed by atoms with Crippen LogP contribution in [0.25, 0.3) is 0 Å². The van der Waals surface area contributed by atoms with E-state index in [0.29, 0.717) is 0 Å². The Balaban J connectivity index is 2.18. The minimum atomic E-state index is -1.21. The summed E-state index contributed by atoms with van der Waals surface area (Å²) in [4.78, 5) is 21.1. The van der Waals surface area contributed by atoms with Gasteiger partial charge in [-0.1, -0.05) is 30.3 Å². The molecule has 0 bridgehead atoms. The van der Waals surface area contributed by atoms with Crippen LogP contribution in [0.1, 0.15) is 12.0 Å². The molecule has 0 radical (unpaired) electrons. The van der Waals surface area contributed by atoms with Crippen LogP contribution in [0.15, 0.2) is 30.3 Å². The summed E-state index contributed by atoms with van der Waals surface area (Å²) in [5, 5.41) is 12.4. The van der Waals surface area contributed by atoms with Crippen LogP contribution in [0.4, 0.5) is 4.79 Å². The highest BCUT2D eigenvalue weighted by Gasteiger charge is 2.01. The van der Waals surface area contributed by atoms with Gasteiger partial charge in [0.2, 0.25) is 0 Å². The minimum Gasteiger partial charge on any atom is -0.550 e. The predicted molar refractivity (Wildman–Crippen MR) is 54.3 cm³/mol. The van der Waals surface area contributed by atoms with Gasteiger partial charge in [-0.15, -0.1) is 0 Å². The zero-order valence-electron chi connectivity index (χ0n) is 8.64. The van der Waals surface area contributed by atoms with Gasteiger partial charge in [0.15, 0.2) is 0 Å². The maximum Gasteiger partial charge on any atom is 0.407 e. The normalized spacial score (nSPS) is 9.50. The number of ether oxygens (including phenoxy) is 1. The van der Waals surface area contributed by atoms with Gasteiger partial charge in [-0.05, 0) is 5.56 Å². The van der Waals surface area contributed by atoms with Gasteiger partial charge in [0.05, 0.1) is 0 Å². The molecule has 0 unspecified atom stereocenters. The van der Waals surface area contributed by atoms with Gasteiger partial charge in [-0.3, -0.25) is 0 Å². The number of rotatable bonds is 5. The van der Waals surface area contributed by atoms with Crippen molar-refractivity contribution < 1.29 is 19.4 Å². The zero-order valence-corrected chi connectivity index (χ0v) is 8.64. The molecule has 1 rings (SSSR count). The van der Waals surface area contributed by atoms with Crippen LogP contribution in [-0.4, -0.2) is 18.6 Å². The van der Waals surface area contributed by atoms with Gasteiger partial charge in [0.25, 0.3) is 0 Å². The number of alkyl carbamates (subject to hydrolysis) is 1. The second-order valence-corrected chi connectivity index (χ2v) is 3.11. The SMILES string of the molecule is O=C([O-])CCNC(=O)OCc1ccccc1. The zero-order chi connectivity index (χ0) is 11.8. The number of carbonyl (C=O) groups excluding carboxylic acids is 2. The van der Waals surface area contributed by atoms with Crippen molar-refractivity contribution in [1.82, 2.24) is 5.32 Å². The van der Waals surface area contributed by atoms with Gasteiger partial charge in [-0.2, -0.15) is 0 Å². The second kappa shape index (κ2) is 6.44. The monoisotopic (exact) mass is 222 g/mol. The Hall–Kier alpha value is -2.04. The Labute approximate surface area is 93.0 Å². The fourth-order valence-electron chi connectivity index (χ4n) is 1.04. The summed E-state index contributed by atoms with van der Waals surface area (Å²) in [5.74, 6) is -1.21. The molecular weight excluding hydrogens is 210 g/mol. The molecule has 5 heteroatoms. The maximum absolute atomic E-state index is 11.1. The molecule has 16 heavy (non-hydrogen) atoms. The highest BCUT2D eigenvalue weighted by Crippen LogP contribution is 2.00. The lowest BCUT2D eigenvalue weighted by Crippen LogP contribution is -2.31. The molecule has 0 aliphatic rings. The predicted octanol–water partition coefficient (Wildman–Crippen LogP) is 0.0528. The van der Waals surface area contributed by atoms with Crippen LogP contribution in [0.2, 0.25) is 0 Å². The van der Waals surface area contributed by atoms with Crippen molar-refractivity contribution in [3.05, 3.63) is 35.9 Å². The van der Waals surface area contributed by atoms with Crippen LogP contribution in [0.5, 0.6) is 0 Å². The van der Waals surface area contributed by atoms with Gasteiger partial charge >= 0.3 is 6.09 Å². The van der Waals surface area contributed by atoms with Crippen molar-refractivity contribution in [2.45, 2.75) is 13.0 Å². The van der Waals surface area contributed by atoms with Crippen LogP contribution in [0.3, 0.4) is 0 Å². The third kappa shape index (κ3) is 4.99. The summed E-state index contributed by atoms with van der Waals surface area (Å²) < 4.78 is 4.85. The molecule has 1 N–H and O–H groups in total. The molecule has 0 spiro atoms. The van der Waals surface area contributed by atoms with Crippen LogP contribution in [-0.2, 0) is 16.1 Å². The Bertz CT molecular complexity index is 350. The highest BCUT2D eigenvalue weighted by molar-refractivity contribution is 5.69. The van der Waals surface area contributed by atoms with E-state index in [-0.39, 0.29) is 19.6 Å². The van der Waals surface area contributed by atoms with E-state index >= 15 is 0 Å². The number of benzene rings is 1. The first-order chi connectivity index (χ1) is 7.68. The Morgan fingerprint density at radius 2 is 1.94 bits per heavy atom. The molecule has 0 heterocycles. The van der Waals surface area contributed by atoms with E-state index in [2.05, 4.69) is 5.32 Å². The fraction of sp³-hybridized carbons (Fsp3) is 0.273. The molecule has 0 saturated heterocycles. The molecule has 1 amide bonds. The molecule has 86 valence electrons. The van der Waals surface area contributed by atoms with E-state index in [9.17, 15) is 14.7 Å². The number of nitrogens with one attached hydrogen (secondary N) is 1. The van der Waals surface area contributed by atoms with Crippen molar-refractivity contribution in [3.8, 4) is 0 Å². The van der Waals surface area contributed by atoms with Crippen LogP contribution >= 0.6 is 0 Å². The fourth-order valence-corrected chi connectivity index (χ4v) is 1.04. The van der Waals surface area contributed by atoms with Gasteiger partial charge in [-0.25, -0.2) is 4.79 Å². The van der Waals surface area contributed by atoms with Gasteiger partial charge < -0.3 is 20.0 Å². The molecular formula is C11H12NO4-. The summed E-state index contributed by atoms with van der Waals surface area (Å²) in [6.07, 6.45) is -0.856. The van der Waals surface area contributed by atoms with E-state index in [4.69, 9.17) is 4.74 Å². The van der Waals surface area contributed by atoms with Crippen molar-refractivity contribution >= 4 is 12.1 Å². The molecule has 0 fully saturated rings. The lowest BCUT2D eigenvalue weighted by atomic mass is 10.2. The van der Waals surface area contributed by atoms with E-state index in [1.807, 2.05) is 30.3 Å². The number of hydrogen-bond donors (Lipinski definition) is 1. The van der Waals surface area contributed by atoms with Crippen molar-refractivity contribution in [2.24, 2.45) is 0 Å². The van der Waals surface area contributed by atoms with E-state index in [1.54, 1.807) is 0 Å².